The molecule has 0 aromatic carbocycles. The van der Waals surface area contributed by atoms with Crippen molar-refractivity contribution in [1.29, 1.82) is 0 Å². The molecule has 133 heavy (non-hydrogen) atoms. The molecule has 0 aromatic heterocycles. The van der Waals surface area contributed by atoms with Crippen molar-refractivity contribution in [1.82, 2.24) is 90.0 Å². The van der Waals surface area contributed by atoms with E-state index in [4.69, 9.17) is 28.7 Å². The van der Waals surface area contributed by atoms with E-state index in [2.05, 4.69) is 85.1 Å². The van der Waals surface area contributed by atoms with E-state index in [0.29, 0.717) is 19.3 Å². The van der Waals surface area contributed by atoms with Crippen LogP contribution in [0.4, 0.5) is 0 Å². The molecule has 0 aliphatic carbocycles. The number of likely N-dealkylation sites (tertiary alicyclic amines) is 1. The summed E-state index contributed by atoms with van der Waals surface area (Å²) in [6.45, 7) is 19.3. The van der Waals surface area contributed by atoms with Crippen LogP contribution in [0.3, 0.4) is 0 Å². The van der Waals surface area contributed by atoms with Gasteiger partial charge in [-0.15, -0.1) is 0 Å². The number of rotatable bonds is 64. The number of aliphatic hydroxyl groups is 3. The predicted octanol–water partition coefficient (Wildman–Crippen LogP) is -8.58. The summed E-state index contributed by atoms with van der Waals surface area (Å²) in [6, 6.07) is -26.7. The second-order valence-corrected chi connectivity index (χ2v) is 35.7. The Hall–Kier alpha value is -11.5. The van der Waals surface area contributed by atoms with Gasteiger partial charge in [-0.2, -0.15) is 11.8 Å². The summed E-state index contributed by atoms with van der Waals surface area (Å²) in [5.74, 6) is -26.3. The van der Waals surface area contributed by atoms with Crippen LogP contribution < -0.4 is 114 Å². The summed E-state index contributed by atoms with van der Waals surface area (Å²) in [7, 11) is 0. The molecule has 0 bridgehead atoms. The lowest BCUT2D eigenvalue weighted by Gasteiger charge is -2.32. The number of nitrogens with zero attached hydrogens (tertiary/aromatic N) is 1. The van der Waals surface area contributed by atoms with E-state index < -0.39 is 309 Å². The van der Waals surface area contributed by atoms with Gasteiger partial charge in [-0.25, -0.2) is 0 Å². The van der Waals surface area contributed by atoms with Crippen molar-refractivity contribution < 1.29 is 131 Å². The van der Waals surface area contributed by atoms with Gasteiger partial charge in [0, 0.05) is 13.0 Å². The Kier molecular flexibility index (Phi) is 54.4. The molecule has 1 heterocycles. The smallest absolute Gasteiger partial charge is 0.305 e. The summed E-state index contributed by atoms with van der Waals surface area (Å²) in [5.41, 5.74) is 27.3. The minimum Gasteiger partial charge on any atom is -0.481 e. The van der Waals surface area contributed by atoms with Crippen molar-refractivity contribution in [3.8, 4) is 0 Å². The first-order valence-corrected chi connectivity index (χ1v) is 45.8. The molecule has 49 nitrogen and oxygen atoms in total. The molecular weight excluding hydrogens is 1770 g/mol. The lowest BCUT2D eigenvalue weighted by Crippen LogP contribution is -2.62. The molecule has 0 spiro atoms. The Morgan fingerprint density at radius 3 is 1.26 bits per heavy atom. The largest absolute Gasteiger partial charge is 0.481 e. The van der Waals surface area contributed by atoms with Crippen LogP contribution in [0.5, 0.6) is 0 Å². The van der Waals surface area contributed by atoms with Crippen LogP contribution in [0.25, 0.3) is 0 Å². The fraction of sp³-hybridized carbons (Fsp3) is 0.735. The molecule has 0 radical (unpaired) electrons. The third-order valence-corrected chi connectivity index (χ3v) is 22.2. The van der Waals surface area contributed by atoms with Gasteiger partial charge in [0.25, 0.3) is 0 Å². The third kappa shape index (κ3) is 43.4. The van der Waals surface area contributed by atoms with E-state index >= 15 is 0 Å². The minimum absolute atomic E-state index is 0.0187. The molecule has 0 aromatic rings. The van der Waals surface area contributed by atoms with E-state index in [0.717, 1.165) is 6.92 Å². The zero-order chi connectivity index (χ0) is 102. The van der Waals surface area contributed by atoms with Crippen LogP contribution in [0.15, 0.2) is 0 Å². The van der Waals surface area contributed by atoms with Crippen molar-refractivity contribution in [2.45, 2.75) is 308 Å². The van der Waals surface area contributed by atoms with E-state index in [9.17, 15) is 131 Å². The van der Waals surface area contributed by atoms with Crippen LogP contribution in [0, 0.1) is 35.5 Å². The van der Waals surface area contributed by atoms with E-state index in [1.807, 2.05) is 0 Å². The zero-order valence-corrected chi connectivity index (χ0v) is 79.2. The number of primary amides is 3. The number of carbonyl (C=O) groups excluding carboxylic acids is 20. The van der Waals surface area contributed by atoms with Gasteiger partial charge in [0.05, 0.1) is 51.2 Å². The number of amides is 20. The molecule has 1 fully saturated rings. The molecule has 1 aliphatic rings. The molecule has 20 atom stereocenters. The van der Waals surface area contributed by atoms with Crippen LogP contribution in [0.1, 0.15) is 200 Å². The number of thioether (sulfide) groups is 1. The number of hydrogen-bond acceptors (Lipinski definition) is 28. The first-order valence-electron chi connectivity index (χ1n) is 44.4. The number of carboxylic acids is 2. The molecule has 31 N–H and O–H groups in total. The van der Waals surface area contributed by atoms with Crippen LogP contribution in [-0.2, 0) is 105 Å². The maximum Gasteiger partial charge on any atom is 0.305 e. The highest BCUT2D eigenvalue weighted by molar-refractivity contribution is 7.98. The van der Waals surface area contributed by atoms with Crippen LogP contribution in [-0.4, -0.2) is 314 Å². The summed E-state index contributed by atoms with van der Waals surface area (Å²) in [6.07, 6.45) is -2.81. The summed E-state index contributed by atoms with van der Waals surface area (Å²) >= 11 is 1.27. The standard InChI is InChI=1S/C83H144N22O27S/c1-16-42(11)64(103-76(125)52(31-40(7)8)95-70(119)48(23-24-61(112)113)91-77(126)55(36-106)99-68(117)46(85)32-58(86)109)81(130)97-53(33-59(87)110)75(124)100-56(37-107)78(127)96-51(30-39(5)6)74(123)94-50(29-38(3)4)69(118)89-35-60(111)101-65(43(12)17-2)83(132)105-27-20-22-57(105)79(128)92-47(21-18-19-26-84)71(120)102-63(41(9)10)80(129)93-49(25-28-133-15)72(121)104-66(45(14)108)82(131)98-54(34-62(114)115)73(122)90-44(13)67(88)116/h38-57,63-66,106-108H,16-37,84-85H2,1-15H3,(H2,86,109)(H2,87,110)(H2,88,116)(H,89,118)(H,90,122)(H,91,126)(H,92,128)(H,93,129)(H,94,123)(H,95,119)(H,96,127)(H,97,130)(H,98,131)(H,99,117)(H,100,124)(H,101,111)(H,102,120)(H,103,125)(H,104,121)(H,112,113)(H,114,115). The highest BCUT2D eigenvalue weighted by Gasteiger charge is 2.44. The molecule has 1 aliphatic heterocycles. The number of carboxylic acid groups (broad SMARTS) is 2. The van der Waals surface area contributed by atoms with E-state index in [-0.39, 0.29) is 88.0 Å². The Labute approximate surface area is 777 Å². The molecular formula is C83H144N22O27S. The highest BCUT2D eigenvalue weighted by atomic mass is 32.2. The van der Waals surface area contributed by atoms with Crippen LogP contribution in [0.2, 0.25) is 0 Å². The fourth-order valence-electron chi connectivity index (χ4n) is 13.6. The van der Waals surface area contributed by atoms with Gasteiger partial charge in [-0.05, 0) is 132 Å². The lowest BCUT2D eigenvalue weighted by atomic mass is 9.96. The van der Waals surface area contributed by atoms with Gasteiger partial charge in [-0.1, -0.05) is 95.9 Å². The van der Waals surface area contributed by atoms with Crippen molar-refractivity contribution >= 4 is 142 Å². The van der Waals surface area contributed by atoms with Gasteiger partial charge in [0.1, 0.15) is 96.7 Å². The molecule has 1 rings (SSSR count). The normalized spacial score (nSPS) is 16.8. The average molecular weight is 1910 g/mol. The number of aliphatic hydroxyl groups excluding tert-OH is 3. The number of unbranched alkanes of at least 4 members (excludes halogenated alkanes) is 1. The highest BCUT2D eigenvalue weighted by Crippen LogP contribution is 2.24. The molecule has 20 amide bonds. The Balaban J connectivity index is 3.50. The third-order valence-electron chi connectivity index (χ3n) is 21.5. The van der Waals surface area contributed by atoms with Crippen molar-refractivity contribution in [3.05, 3.63) is 0 Å². The molecule has 0 saturated carbocycles. The van der Waals surface area contributed by atoms with E-state index in [1.54, 1.807) is 82.4 Å². The average Bonchev–Trinajstić information content (AvgIpc) is 1.71. The quantitative estimate of drug-likeness (QED) is 0.0252. The van der Waals surface area contributed by atoms with Gasteiger partial charge >= 0.3 is 11.9 Å². The van der Waals surface area contributed by atoms with Crippen molar-refractivity contribution in [3.63, 3.8) is 0 Å². The summed E-state index contributed by atoms with van der Waals surface area (Å²) in [5, 5.41) is 89.1. The maximum atomic E-state index is 14.8. The predicted molar refractivity (Wildman–Crippen MR) is 480 cm³/mol. The van der Waals surface area contributed by atoms with Gasteiger partial charge in [-0.3, -0.25) is 105 Å². The van der Waals surface area contributed by atoms with Crippen LogP contribution >= 0.6 is 11.8 Å². The minimum atomic E-state index is -1.93. The lowest BCUT2D eigenvalue weighted by molar-refractivity contribution is -0.143. The van der Waals surface area contributed by atoms with Crippen molar-refractivity contribution in [2.24, 2.45) is 64.2 Å². The molecule has 50 heteroatoms. The molecule has 754 valence electrons. The van der Waals surface area contributed by atoms with Gasteiger partial charge < -0.3 is 144 Å². The maximum absolute atomic E-state index is 14.8. The van der Waals surface area contributed by atoms with Gasteiger partial charge in [0.15, 0.2) is 0 Å². The van der Waals surface area contributed by atoms with Gasteiger partial charge in [0.2, 0.25) is 118 Å². The first kappa shape index (κ1) is 119. The number of hydrogen-bond donors (Lipinski definition) is 26. The Morgan fingerprint density at radius 2 is 0.805 bits per heavy atom. The first-order chi connectivity index (χ1) is 62.1. The Morgan fingerprint density at radius 1 is 0.414 bits per heavy atom. The van der Waals surface area contributed by atoms with Crippen molar-refractivity contribution in [2.75, 3.05) is 44.9 Å². The number of carbonyl (C=O) groups is 22. The number of aliphatic carboxylic acids is 2. The number of nitrogens with two attached hydrogens (primary N) is 5. The fourth-order valence-corrected chi connectivity index (χ4v) is 14.0. The van der Waals surface area contributed by atoms with E-state index in [1.165, 1.54) is 30.5 Å². The SMILES string of the molecule is CCC(C)C(NC(=O)C(CC(C)C)NC(=O)C(CCC(=O)O)NC(=O)C(CO)NC(=O)C(N)CC(N)=O)C(=O)NC(CC(N)=O)C(=O)NC(CO)C(=O)NC(CC(C)C)C(=O)NC(CC(C)C)C(=O)NCC(=O)NC(C(=O)N1CCCC1C(=O)NC(CCCCN)C(=O)NC(C(=O)NC(CCSC)C(=O)NC(C(=O)NC(CC(=O)O)C(=O)NC(C)C(N)=O)C(C)O)C(C)C)C(C)CC. The monoisotopic (exact) mass is 1910 g/mol. The second kappa shape index (κ2) is 60.6. The number of nitrogens with one attached hydrogen (secondary N) is 16. The topological polar surface area (TPSA) is 803 Å². The second-order valence-electron chi connectivity index (χ2n) is 34.7. The summed E-state index contributed by atoms with van der Waals surface area (Å²) in [4.78, 5) is 298. The zero-order valence-electron chi connectivity index (χ0n) is 78.4. The molecule has 20 unspecified atom stereocenters. The molecule has 1 saturated heterocycles. The Bertz CT molecular complexity index is 3990. The summed E-state index contributed by atoms with van der Waals surface area (Å²) < 4.78 is 0.